The van der Waals surface area contributed by atoms with Crippen molar-refractivity contribution in [2.75, 3.05) is 0 Å². The molecule has 2 atom stereocenters. The zero-order valence-corrected chi connectivity index (χ0v) is 20.5. The maximum atomic E-state index is 4.91. The molecule has 6 heteroatoms. The van der Waals surface area contributed by atoms with E-state index in [2.05, 4.69) is 100 Å². The molecule has 0 saturated heterocycles. The third-order valence-corrected chi connectivity index (χ3v) is 6.89. The number of guanidine groups is 1. The van der Waals surface area contributed by atoms with Gasteiger partial charge < -0.3 is 5.43 Å². The summed E-state index contributed by atoms with van der Waals surface area (Å²) in [5, 5.41) is 4.82. The van der Waals surface area contributed by atoms with Gasteiger partial charge in [-0.1, -0.05) is 109 Å². The van der Waals surface area contributed by atoms with Crippen LogP contribution in [0.5, 0.6) is 0 Å². The van der Waals surface area contributed by atoms with E-state index in [1.54, 1.807) is 11.8 Å². The summed E-state index contributed by atoms with van der Waals surface area (Å²) in [7, 11) is 0. The molecule has 0 aliphatic carbocycles. The Labute approximate surface area is 216 Å². The van der Waals surface area contributed by atoms with Gasteiger partial charge in [0.05, 0.1) is 11.0 Å². The molecule has 178 valence electrons. The van der Waals surface area contributed by atoms with E-state index in [-0.39, 0.29) is 11.3 Å². The second kappa shape index (κ2) is 11.9. The molecule has 36 heavy (non-hydrogen) atoms. The van der Waals surface area contributed by atoms with Gasteiger partial charge in [-0.25, -0.2) is 10.4 Å². The number of hydrazone groups is 1. The molecule has 0 saturated carbocycles. The fraction of sp³-hybridized carbons (Fsp3) is 0.0667. The third-order valence-electron chi connectivity index (χ3n) is 5.66. The molecule has 1 heterocycles. The highest BCUT2D eigenvalue weighted by molar-refractivity contribution is 7.99. The Hall–Kier alpha value is -4.29. The maximum Gasteiger partial charge on any atom is 0.232 e. The van der Waals surface area contributed by atoms with Gasteiger partial charge in [-0.2, -0.15) is 5.10 Å². The molecule has 2 unspecified atom stereocenters. The summed E-state index contributed by atoms with van der Waals surface area (Å²) in [4.78, 5) is 6.13. The summed E-state index contributed by atoms with van der Waals surface area (Å²) < 4.78 is 0. The monoisotopic (exact) mass is 489 g/mol. The molecule has 3 N–H and O–H groups in total. The third kappa shape index (κ3) is 6.03. The summed E-state index contributed by atoms with van der Waals surface area (Å²) in [6.45, 7) is 0. The van der Waals surface area contributed by atoms with Crippen LogP contribution in [0, 0.1) is 0 Å². The van der Waals surface area contributed by atoms with Gasteiger partial charge in [0.15, 0.2) is 0 Å². The number of hydrogen-bond acceptors (Lipinski definition) is 6. The van der Waals surface area contributed by atoms with E-state index in [0.717, 1.165) is 16.8 Å². The lowest BCUT2D eigenvalue weighted by Crippen LogP contribution is -2.44. The van der Waals surface area contributed by atoms with Gasteiger partial charge in [-0.15, -0.1) is 11.8 Å². The molecule has 0 amide bonds. The Kier molecular flexibility index (Phi) is 7.76. The number of thioether (sulfide) groups is 1. The largest absolute Gasteiger partial charge is 0.306 e. The van der Waals surface area contributed by atoms with E-state index in [0.29, 0.717) is 5.96 Å². The van der Waals surface area contributed by atoms with E-state index in [1.807, 2.05) is 54.7 Å². The van der Waals surface area contributed by atoms with Crippen molar-refractivity contribution in [3.05, 3.63) is 150 Å². The molecule has 0 aromatic heterocycles. The first-order valence-corrected chi connectivity index (χ1v) is 12.7. The van der Waals surface area contributed by atoms with Crippen molar-refractivity contribution in [3.8, 4) is 0 Å². The summed E-state index contributed by atoms with van der Waals surface area (Å²) in [6.07, 6.45) is 4.04. The first-order valence-electron chi connectivity index (χ1n) is 11.8. The molecule has 1 aliphatic rings. The maximum absolute atomic E-state index is 4.91. The summed E-state index contributed by atoms with van der Waals surface area (Å²) in [6, 6.07) is 41.0. The van der Waals surface area contributed by atoms with Crippen LogP contribution in [0.3, 0.4) is 0 Å². The molecule has 0 bridgehead atoms. The molecule has 4 aromatic carbocycles. The van der Waals surface area contributed by atoms with Gasteiger partial charge in [0.1, 0.15) is 6.04 Å². The van der Waals surface area contributed by atoms with Crippen molar-refractivity contribution in [3.63, 3.8) is 0 Å². The van der Waals surface area contributed by atoms with Crippen molar-refractivity contribution in [1.82, 2.24) is 16.3 Å². The molecule has 5 rings (SSSR count). The number of benzene rings is 4. The number of nitrogens with one attached hydrogen (secondary N) is 3. The second-order valence-electron chi connectivity index (χ2n) is 8.16. The first-order chi connectivity index (χ1) is 17.9. The molecular formula is C30H27N5S. The standard InChI is InChI=1S/C30H27N5S/c1-5-13-23(14-6-1)27(36-26-19-11-4-12-20-26)21-22-31-34-30-32-28(24-15-7-2-8-16-24)29(33-35-30)25-17-9-3-10-18-25/h1-22,27-28,31H,(H2,32,34,35). The van der Waals surface area contributed by atoms with Crippen LogP contribution in [0.15, 0.2) is 149 Å². The van der Waals surface area contributed by atoms with Gasteiger partial charge in [-0.05, 0) is 29.3 Å². The smallest absolute Gasteiger partial charge is 0.232 e. The Morgan fingerprint density at radius 2 is 1.36 bits per heavy atom. The lowest BCUT2D eigenvalue weighted by atomic mass is 9.97. The molecule has 5 nitrogen and oxygen atoms in total. The molecule has 1 aliphatic heterocycles. The number of nitrogens with zero attached hydrogens (tertiary/aromatic N) is 2. The van der Waals surface area contributed by atoms with Crippen molar-refractivity contribution in [2.24, 2.45) is 10.1 Å². The van der Waals surface area contributed by atoms with E-state index in [4.69, 9.17) is 4.99 Å². The first kappa shape index (κ1) is 23.5. The zero-order chi connectivity index (χ0) is 24.4. The Morgan fingerprint density at radius 1 is 0.750 bits per heavy atom. The van der Waals surface area contributed by atoms with Gasteiger partial charge in [0, 0.05) is 16.7 Å². The molecule has 4 aromatic rings. The quantitative estimate of drug-likeness (QED) is 0.203. The number of aliphatic imine (C=N–C) groups is 1. The highest BCUT2D eigenvalue weighted by Crippen LogP contribution is 2.36. The Bertz CT molecular complexity index is 1320. The highest BCUT2D eigenvalue weighted by Gasteiger charge is 2.23. The van der Waals surface area contributed by atoms with E-state index >= 15 is 0 Å². The number of hydrogen-bond donors (Lipinski definition) is 3. The van der Waals surface area contributed by atoms with Gasteiger partial charge in [0.25, 0.3) is 0 Å². The van der Waals surface area contributed by atoms with E-state index < -0.39 is 0 Å². The summed E-state index contributed by atoms with van der Waals surface area (Å²) >= 11 is 1.80. The van der Waals surface area contributed by atoms with Crippen molar-refractivity contribution >= 4 is 23.4 Å². The number of rotatable bonds is 8. The average molecular weight is 490 g/mol. The normalized spacial score (nSPS) is 15.9. The van der Waals surface area contributed by atoms with Crippen LogP contribution in [0.25, 0.3) is 0 Å². The number of hydrazine groups is 1. The predicted molar refractivity (Wildman–Crippen MR) is 150 cm³/mol. The van der Waals surface area contributed by atoms with Crippen LogP contribution in [0.2, 0.25) is 0 Å². The second-order valence-corrected chi connectivity index (χ2v) is 9.37. The van der Waals surface area contributed by atoms with Crippen LogP contribution >= 0.6 is 11.8 Å². The lowest BCUT2D eigenvalue weighted by molar-refractivity contribution is 0.735. The van der Waals surface area contributed by atoms with Crippen LogP contribution in [-0.4, -0.2) is 11.7 Å². The van der Waals surface area contributed by atoms with Crippen LogP contribution < -0.4 is 16.3 Å². The fourth-order valence-electron chi connectivity index (χ4n) is 3.91. The minimum Gasteiger partial charge on any atom is -0.306 e. The van der Waals surface area contributed by atoms with Crippen molar-refractivity contribution < 1.29 is 0 Å². The van der Waals surface area contributed by atoms with Gasteiger partial charge in [0.2, 0.25) is 5.96 Å². The minimum absolute atomic E-state index is 0.156. The Balaban J connectivity index is 1.29. The fourth-order valence-corrected chi connectivity index (χ4v) is 4.96. The average Bonchev–Trinajstić information content (AvgIpc) is 2.96. The topological polar surface area (TPSA) is 60.8 Å². The van der Waals surface area contributed by atoms with Crippen LogP contribution in [0.4, 0.5) is 0 Å². The van der Waals surface area contributed by atoms with Crippen LogP contribution in [0.1, 0.15) is 28.0 Å². The zero-order valence-electron chi connectivity index (χ0n) is 19.7. The lowest BCUT2D eigenvalue weighted by Gasteiger charge is -2.23. The van der Waals surface area contributed by atoms with E-state index in [1.165, 1.54) is 10.5 Å². The molecule has 0 radical (unpaired) electrons. The summed E-state index contributed by atoms with van der Waals surface area (Å²) in [5.74, 6) is 0.556. The molecular weight excluding hydrogens is 462 g/mol. The van der Waals surface area contributed by atoms with Crippen LogP contribution in [-0.2, 0) is 0 Å². The van der Waals surface area contributed by atoms with Crippen molar-refractivity contribution in [2.45, 2.75) is 16.2 Å². The van der Waals surface area contributed by atoms with Crippen molar-refractivity contribution in [1.29, 1.82) is 0 Å². The van der Waals surface area contributed by atoms with Gasteiger partial charge in [-0.3, -0.25) is 5.43 Å². The molecule has 0 spiro atoms. The minimum atomic E-state index is -0.214. The SMILES string of the molecule is C(=CC(Sc1ccccc1)c1ccccc1)NNC1=NC(c2ccccc2)C(c2ccccc2)=NN1. The van der Waals surface area contributed by atoms with Gasteiger partial charge >= 0.3 is 0 Å². The summed E-state index contributed by atoms with van der Waals surface area (Å²) in [5.41, 5.74) is 13.6. The highest BCUT2D eigenvalue weighted by atomic mass is 32.2. The Morgan fingerprint density at radius 3 is 2.06 bits per heavy atom. The van der Waals surface area contributed by atoms with E-state index in [9.17, 15) is 0 Å². The molecule has 0 fully saturated rings. The predicted octanol–water partition coefficient (Wildman–Crippen LogP) is 6.23.